The van der Waals surface area contributed by atoms with E-state index in [0.717, 1.165) is 49.6 Å². The van der Waals surface area contributed by atoms with E-state index in [0.29, 0.717) is 12.8 Å². The molecule has 0 atom stereocenters. The molecule has 0 N–H and O–H groups in total. The lowest BCUT2D eigenvalue weighted by molar-refractivity contribution is -0.148. The van der Waals surface area contributed by atoms with E-state index in [2.05, 4.69) is 29.2 Å². The van der Waals surface area contributed by atoms with Crippen LogP contribution in [-0.4, -0.2) is 66.8 Å². The lowest BCUT2D eigenvalue weighted by Crippen LogP contribution is -2.48. The molecule has 4 rings (SSSR count). The summed E-state index contributed by atoms with van der Waals surface area (Å²) in [6, 6.07) is 27.3. The molecule has 1 heterocycles. The average molecular weight is 532 g/mol. The molecular weight excluding hydrogens is 494 g/mol. The van der Waals surface area contributed by atoms with Gasteiger partial charge in [-0.3, -0.25) is 14.5 Å². The van der Waals surface area contributed by atoms with Crippen LogP contribution in [0.2, 0.25) is 0 Å². The number of hydroxylamine groups is 2. The average Bonchev–Trinajstić information content (AvgIpc) is 2.99. The number of nitrogens with zero attached hydrogens (tertiary/aromatic N) is 3. The summed E-state index contributed by atoms with van der Waals surface area (Å²) in [7, 11) is 1.61. The predicted octanol–water partition coefficient (Wildman–Crippen LogP) is 4.89. The van der Waals surface area contributed by atoms with Gasteiger partial charge in [-0.1, -0.05) is 72.8 Å². The first-order chi connectivity index (χ1) is 19.1. The second-order valence-corrected chi connectivity index (χ2v) is 9.50. The SMILES string of the molecule is COc1ccc(CN(OCCCC(=O)N2CCN(Cc3ccccc3)CC2)C(=O)OCc2ccccc2)cc1. The van der Waals surface area contributed by atoms with Crippen molar-refractivity contribution in [1.29, 1.82) is 0 Å². The highest BCUT2D eigenvalue weighted by Crippen LogP contribution is 2.15. The summed E-state index contributed by atoms with van der Waals surface area (Å²) < 4.78 is 10.7. The van der Waals surface area contributed by atoms with Crippen molar-refractivity contribution in [2.24, 2.45) is 0 Å². The molecule has 0 radical (unpaired) electrons. The van der Waals surface area contributed by atoms with Gasteiger partial charge in [0.2, 0.25) is 5.91 Å². The van der Waals surface area contributed by atoms with E-state index in [1.165, 1.54) is 10.6 Å². The number of amides is 2. The maximum absolute atomic E-state index is 12.9. The molecule has 3 aromatic carbocycles. The molecular formula is C31H37N3O5. The van der Waals surface area contributed by atoms with Crippen molar-refractivity contribution in [2.75, 3.05) is 39.9 Å². The summed E-state index contributed by atoms with van der Waals surface area (Å²) in [5, 5.41) is 1.22. The lowest BCUT2D eigenvalue weighted by atomic mass is 10.2. The van der Waals surface area contributed by atoms with Crippen molar-refractivity contribution in [3.8, 4) is 5.75 Å². The quantitative estimate of drug-likeness (QED) is 0.245. The standard InChI is InChI=1S/C31H37N3O5/c1-37-29-16-14-27(15-17-29)24-34(31(36)38-25-28-11-6-3-7-12-28)39-22-8-13-30(35)33-20-18-32(19-21-33)23-26-9-4-2-5-10-26/h2-7,9-12,14-17H,8,13,18-25H2,1H3. The number of benzene rings is 3. The molecule has 206 valence electrons. The molecule has 8 nitrogen and oxygen atoms in total. The minimum absolute atomic E-state index is 0.117. The van der Waals surface area contributed by atoms with Crippen molar-refractivity contribution in [3.05, 3.63) is 102 Å². The number of hydrogen-bond donors (Lipinski definition) is 0. The Morgan fingerprint density at radius 2 is 1.44 bits per heavy atom. The van der Waals surface area contributed by atoms with E-state index in [1.807, 2.05) is 65.6 Å². The fourth-order valence-electron chi connectivity index (χ4n) is 4.40. The van der Waals surface area contributed by atoms with Gasteiger partial charge in [0.05, 0.1) is 20.3 Å². The highest BCUT2D eigenvalue weighted by molar-refractivity contribution is 5.76. The normalized spacial score (nSPS) is 13.6. The van der Waals surface area contributed by atoms with Crippen molar-refractivity contribution >= 4 is 12.0 Å². The Kier molecular flexibility index (Phi) is 10.7. The first kappa shape index (κ1) is 28.1. The third kappa shape index (κ3) is 9.12. The van der Waals surface area contributed by atoms with Crippen LogP contribution >= 0.6 is 0 Å². The van der Waals surface area contributed by atoms with E-state index < -0.39 is 6.09 Å². The summed E-state index contributed by atoms with van der Waals surface area (Å²) in [4.78, 5) is 35.8. The van der Waals surface area contributed by atoms with Gasteiger partial charge in [0, 0.05) is 39.1 Å². The smallest absolute Gasteiger partial charge is 0.434 e. The molecule has 1 saturated heterocycles. The van der Waals surface area contributed by atoms with Gasteiger partial charge in [0.25, 0.3) is 0 Å². The molecule has 0 saturated carbocycles. The van der Waals surface area contributed by atoms with E-state index >= 15 is 0 Å². The Labute approximate surface area is 230 Å². The molecule has 0 spiro atoms. The number of carbonyl (C=O) groups is 2. The van der Waals surface area contributed by atoms with E-state index in [9.17, 15) is 9.59 Å². The van der Waals surface area contributed by atoms with Gasteiger partial charge in [0.1, 0.15) is 12.4 Å². The molecule has 0 unspecified atom stereocenters. The molecule has 3 aromatic rings. The number of piperazine rings is 1. The number of methoxy groups -OCH3 is 1. The zero-order chi connectivity index (χ0) is 27.3. The predicted molar refractivity (Wildman–Crippen MR) is 149 cm³/mol. The summed E-state index contributed by atoms with van der Waals surface area (Å²) >= 11 is 0. The summed E-state index contributed by atoms with van der Waals surface area (Å²) in [5.41, 5.74) is 3.05. The Hall–Kier alpha value is -3.88. The van der Waals surface area contributed by atoms with Crippen molar-refractivity contribution in [2.45, 2.75) is 32.5 Å². The molecule has 0 aromatic heterocycles. The molecule has 2 amide bonds. The Morgan fingerprint density at radius 3 is 2.08 bits per heavy atom. The summed E-state index contributed by atoms with van der Waals surface area (Å²) in [5.74, 6) is 0.851. The Bertz CT molecular complexity index is 1150. The molecule has 39 heavy (non-hydrogen) atoms. The maximum atomic E-state index is 12.9. The van der Waals surface area contributed by atoms with Gasteiger partial charge in [-0.05, 0) is 35.2 Å². The molecule has 0 bridgehead atoms. The highest BCUT2D eigenvalue weighted by atomic mass is 16.7. The van der Waals surface area contributed by atoms with Gasteiger partial charge in [-0.15, -0.1) is 0 Å². The number of hydrogen-bond acceptors (Lipinski definition) is 6. The lowest BCUT2D eigenvalue weighted by Gasteiger charge is -2.34. The minimum Gasteiger partial charge on any atom is -0.497 e. The van der Waals surface area contributed by atoms with Gasteiger partial charge in [-0.25, -0.2) is 4.79 Å². The van der Waals surface area contributed by atoms with Gasteiger partial charge in [0.15, 0.2) is 0 Å². The largest absolute Gasteiger partial charge is 0.497 e. The first-order valence-electron chi connectivity index (χ1n) is 13.4. The van der Waals surface area contributed by atoms with Crippen LogP contribution in [0.25, 0.3) is 0 Å². The van der Waals surface area contributed by atoms with Crippen molar-refractivity contribution in [1.82, 2.24) is 14.9 Å². The fraction of sp³-hybridized carbons (Fsp3) is 0.355. The zero-order valence-corrected chi connectivity index (χ0v) is 22.5. The third-order valence-electron chi connectivity index (χ3n) is 6.65. The molecule has 1 aliphatic rings. The first-order valence-corrected chi connectivity index (χ1v) is 13.4. The molecule has 0 aliphatic carbocycles. The van der Waals surface area contributed by atoms with Crippen LogP contribution < -0.4 is 4.74 Å². The van der Waals surface area contributed by atoms with Crippen LogP contribution in [0.5, 0.6) is 5.75 Å². The summed E-state index contributed by atoms with van der Waals surface area (Å²) in [6.45, 7) is 4.67. The number of carbonyl (C=O) groups excluding carboxylic acids is 2. The second-order valence-electron chi connectivity index (χ2n) is 9.50. The number of ether oxygens (including phenoxy) is 2. The van der Waals surface area contributed by atoms with Crippen molar-refractivity contribution < 1.29 is 23.9 Å². The van der Waals surface area contributed by atoms with Crippen LogP contribution in [0.1, 0.15) is 29.5 Å². The Morgan fingerprint density at radius 1 is 0.795 bits per heavy atom. The van der Waals surface area contributed by atoms with Crippen LogP contribution in [-0.2, 0) is 34.1 Å². The van der Waals surface area contributed by atoms with Crippen molar-refractivity contribution in [3.63, 3.8) is 0 Å². The van der Waals surface area contributed by atoms with E-state index in [1.54, 1.807) is 7.11 Å². The fourth-order valence-corrected chi connectivity index (χ4v) is 4.40. The van der Waals surface area contributed by atoms with Gasteiger partial charge in [-0.2, -0.15) is 5.06 Å². The minimum atomic E-state index is -0.574. The molecule has 1 aliphatic heterocycles. The molecule has 8 heteroatoms. The van der Waals surface area contributed by atoms with Crippen LogP contribution in [0.3, 0.4) is 0 Å². The van der Waals surface area contributed by atoms with E-state index in [4.69, 9.17) is 14.3 Å². The van der Waals surface area contributed by atoms with Crippen LogP contribution in [0.15, 0.2) is 84.9 Å². The maximum Gasteiger partial charge on any atom is 0.434 e. The number of rotatable bonds is 12. The van der Waals surface area contributed by atoms with Gasteiger partial charge < -0.3 is 14.4 Å². The molecule has 1 fully saturated rings. The van der Waals surface area contributed by atoms with Crippen LogP contribution in [0, 0.1) is 0 Å². The monoisotopic (exact) mass is 531 g/mol. The topological polar surface area (TPSA) is 71.6 Å². The Balaban J connectivity index is 1.22. The van der Waals surface area contributed by atoms with Crippen LogP contribution in [0.4, 0.5) is 4.79 Å². The second kappa shape index (κ2) is 14.9. The van der Waals surface area contributed by atoms with Gasteiger partial charge >= 0.3 is 6.09 Å². The zero-order valence-electron chi connectivity index (χ0n) is 22.5. The summed E-state index contributed by atoms with van der Waals surface area (Å²) in [6.07, 6.45) is 0.304. The third-order valence-corrected chi connectivity index (χ3v) is 6.65. The highest BCUT2D eigenvalue weighted by Gasteiger charge is 2.22. The van der Waals surface area contributed by atoms with E-state index in [-0.39, 0.29) is 25.7 Å².